The van der Waals surface area contributed by atoms with Crippen molar-refractivity contribution in [2.24, 2.45) is 0 Å². The number of alkyl halides is 3. The van der Waals surface area contributed by atoms with Crippen LogP contribution in [0, 0.1) is 0 Å². The van der Waals surface area contributed by atoms with Gasteiger partial charge in [0, 0.05) is 11.9 Å². The number of nitrogens with zero attached hydrogens (tertiary/aromatic N) is 3. The van der Waals surface area contributed by atoms with Crippen molar-refractivity contribution in [3.05, 3.63) is 52.4 Å². The van der Waals surface area contributed by atoms with Crippen LogP contribution in [0.15, 0.2) is 35.4 Å². The summed E-state index contributed by atoms with van der Waals surface area (Å²) in [6.07, 6.45) is -3.47. The van der Waals surface area contributed by atoms with Gasteiger partial charge in [-0.05, 0) is 29.8 Å². The number of pyridine rings is 1. The van der Waals surface area contributed by atoms with Gasteiger partial charge in [-0.3, -0.25) is 9.20 Å². The van der Waals surface area contributed by atoms with Crippen molar-refractivity contribution in [2.75, 3.05) is 5.32 Å². The van der Waals surface area contributed by atoms with Crippen LogP contribution in [0.1, 0.15) is 17.0 Å². The van der Waals surface area contributed by atoms with E-state index in [0.29, 0.717) is 11.3 Å². The normalized spacial score (nSPS) is 14.3. The predicted octanol–water partition coefficient (Wildman–Crippen LogP) is 2.37. The van der Waals surface area contributed by atoms with Gasteiger partial charge in [-0.1, -0.05) is 11.6 Å². The van der Waals surface area contributed by atoms with E-state index in [2.05, 4.69) is 20.2 Å². The number of hydrogen-bond acceptors (Lipinski definition) is 5. The Hall–Kier alpha value is -2.70. The summed E-state index contributed by atoms with van der Waals surface area (Å²) >= 11 is 5.76. The zero-order valence-electron chi connectivity index (χ0n) is 14.3. The first-order valence-electron chi connectivity index (χ1n) is 8.07. The van der Waals surface area contributed by atoms with E-state index in [1.807, 2.05) is 0 Å². The molecule has 3 heterocycles. The van der Waals surface area contributed by atoms with Crippen LogP contribution in [0.2, 0.25) is 5.02 Å². The number of nitrogens with one attached hydrogen (secondary N) is 2. The van der Waals surface area contributed by atoms with E-state index in [1.54, 1.807) is 0 Å². The average molecular weight is 446 g/mol. The average Bonchev–Trinajstić information content (AvgIpc) is 3.19. The third-order valence-electron chi connectivity index (χ3n) is 4.28. The quantitative estimate of drug-likeness (QED) is 0.641. The van der Waals surface area contributed by atoms with Crippen molar-refractivity contribution in [1.29, 1.82) is 0 Å². The third kappa shape index (κ3) is 3.66. The van der Waals surface area contributed by atoms with Gasteiger partial charge in [-0.15, -0.1) is 10.2 Å². The van der Waals surface area contributed by atoms with Crippen molar-refractivity contribution >= 4 is 38.9 Å². The summed E-state index contributed by atoms with van der Waals surface area (Å²) in [7, 11) is -4.02. The summed E-state index contributed by atoms with van der Waals surface area (Å²) in [5.41, 5.74) is -0.500. The molecule has 13 heteroatoms. The van der Waals surface area contributed by atoms with Gasteiger partial charge in [-0.2, -0.15) is 13.2 Å². The second-order valence-corrected chi connectivity index (χ2v) is 8.45. The summed E-state index contributed by atoms with van der Waals surface area (Å²) < 4.78 is 67.8. The molecular formula is C16H11ClF3N5O3S. The number of sulfonamides is 1. The van der Waals surface area contributed by atoms with Crippen molar-refractivity contribution in [3.8, 4) is 0 Å². The van der Waals surface area contributed by atoms with Crippen LogP contribution in [-0.4, -0.2) is 28.9 Å². The topological polar surface area (TPSA) is 105 Å². The number of carbonyl (C=O) groups is 1. The molecule has 0 atom stereocenters. The lowest BCUT2D eigenvalue weighted by atomic mass is 10.2. The largest absolute Gasteiger partial charge is 0.420 e. The van der Waals surface area contributed by atoms with Crippen molar-refractivity contribution in [3.63, 3.8) is 0 Å². The van der Waals surface area contributed by atoms with Crippen LogP contribution in [-0.2, 0) is 34.0 Å². The molecular weight excluding hydrogens is 435 g/mol. The Bertz CT molecular complexity index is 1260. The van der Waals surface area contributed by atoms with Crippen molar-refractivity contribution < 1.29 is 26.4 Å². The third-order valence-corrected chi connectivity index (χ3v) is 5.89. The van der Waals surface area contributed by atoms with Crippen LogP contribution in [0.4, 0.5) is 18.9 Å². The first kappa shape index (κ1) is 19.6. The Labute approximate surface area is 166 Å². The van der Waals surface area contributed by atoms with Crippen LogP contribution < -0.4 is 10.0 Å². The number of carbonyl (C=O) groups excluding carboxylic acids is 1. The minimum Gasteiger partial charge on any atom is -0.326 e. The minimum absolute atomic E-state index is 0.0617. The molecule has 1 aliphatic rings. The van der Waals surface area contributed by atoms with Crippen LogP contribution in [0.3, 0.4) is 0 Å². The number of halogens is 4. The highest BCUT2D eigenvalue weighted by atomic mass is 35.5. The molecule has 0 fully saturated rings. The summed E-state index contributed by atoms with van der Waals surface area (Å²) in [4.78, 5) is 11.3. The minimum atomic E-state index is -4.70. The molecule has 0 spiro atoms. The van der Waals surface area contributed by atoms with E-state index in [4.69, 9.17) is 11.6 Å². The van der Waals surface area contributed by atoms with Gasteiger partial charge in [0.15, 0.2) is 11.5 Å². The molecule has 0 saturated carbocycles. The first-order chi connectivity index (χ1) is 13.5. The highest BCUT2D eigenvalue weighted by Crippen LogP contribution is 2.34. The number of fused-ring (bicyclic) bond motifs is 2. The molecule has 0 radical (unpaired) electrons. The molecule has 0 bridgehead atoms. The van der Waals surface area contributed by atoms with Crippen LogP contribution in [0.5, 0.6) is 0 Å². The molecule has 29 heavy (non-hydrogen) atoms. The van der Waals surface area contributed by atoms with Gasteiger partial charge in [0.2, 0.25) is 15.9 Å². The Kier molecular flexibility index (Phi) is 4.52. The number of hydrogen-bond donors (Lipinski definition) is 2. The molecule has 4 rings (SSSR count). The summed E-state index contributed by atoms with van der Waals surface area (Å²) in [6, 6.07) is 4.86. The molecule has 3 aromatic rings. The molecule has 8 nitrogen and oxygen atoms in total. The summed E-state index contributed by atoms with van der Waals surface area (Å²) in [5, 5.41) is 9.55. The zero-order valence-corrected chi connectivity index (χ0v) is 15.9. The molecule has 152 valence electrons. The standard InChI is InChI=1S/C16H11ClF3N5O3S/c17-9-5-11(16(18,19)20)15-24-23-13(25(15)7-9)6-21-29(27,28)10-1-2-12-8(3-10)4-14(26)22-12/h1-3,5,7,21H,4,6H2,(H,22,26). The van der Waals surface area contributed by atoms with Gasteiger partial charge >= 0.3 is 6.18 Å². The zero-order chi connectivity index (χ0) is 21.0. The smallest absolute Gasteiger partial charge is 0.326 e. The maximum atomic E-state index is 13.2. The maximum absolute atomic E-state index is 13.2. The molecule has 2 N–H and O–H groups in total. The monoisotopic (exact) mass is 445 g/mol. The Balaban J connectivity index is 1.62. The number of rotatable bonds is 4. The number of amides is 1. The molecule has 0 unspecified atom stereocenters. The van der Waals surface area contributed by atoms with E-state index in [9.17, 15) is 26.4 Å². The molecule has 1 amide bonds. The van der Waals surface area contributed by atoms with Crippen LogP contribution in [0.25, 0.3) is 5.65 Å². The number of benzene rings is 1. The molecule has 0 aliphatic carbocycles. The van der Waals surface area contributed by atoms with E-state index < -0.39 is 34.0 Å². The Morgan fingerprint density at radius 3 is 2.72 bits per heavy atom. The van der Waals surface area contributed by atoms with E-state index >= 15 is 0 Å². The lowest BCUT2D eigenvalue weighted by Gasteiger charge is -2.10. The van der Waals surface area contributed by atoms with Gasteiger partial charge in [-0.25, -0.2) is 13.1 Å². The van der Waals surface area contributed by atoms with Gasteiger partial charge in [0.25, 0.3) is 0 Å². The number of anilines is 1. The molecule has 0 saturated heterocycles. The van der Waals surface area contributed by atoms with Gasteiger partial charge < -0.3 is 5.32 Å². The fourth-order valence-electron chi connectivity index (χ4n) is 2.95. The highest BCUT2D eigenvalue weighted by molar-refractivity contribution is 7.89. The van der Waals surface area contributed by atoms with Crippen molar-refractivity contribution in [2.45, 2.75) is 24.0 Å². The lowest BCUT2D eigenvalue weighted by molar-refractivity contribution is -0.136. The van der Waals surface area contributed by atoms with E-state index in [-0.39, 0.29) is 28.1 Å². The number of aromatic nitrogens is 3. The molecule has 2 aromatic heterocycles. The van der Waals surface area contributed by atoms with E-state index in [1.165, 1.54) is 24.4 Å². The lowest BCUT2D eigenvalue weighted by Crippen LogP contribution is -2.24. The molecule has 1 aliphatic heterocycles. The Morgan fingerprint density at radius 1 is 1.24 bits per heavy atom. The summed E-state index contributed by atoms with van der Waals surface area (Å²) in [5.74, 6) is -0.315. The van der Waals surface area contributed by atoms with E-state index in [0.717, 1.165) is 10.5 Å². The second kappa shape index (κ2) is 6.68. The molecule has 1 aromatic carbocycles. The summed E-state index contributed by atoms with van der Waals surface area (Å²) in [6.45, 7) is -0.421. The van der Waals surface area contributed by atoms with Gasteiger partial charge in [0.1, 0.15) is 5.56 Å². The van der Waals surface area contributed by atoms with Gasteiger partial charge in [0.05, 0.1) is 22.9 Å². The second-order valence-electron chi connectivity index (χ2n) is 6.25. The SMILES string of the molecule is O=C1Cc2cc(S(=O)(=O)NCc3nnc4c(C(F)(F)F)cc(Cl)cn34)ccc2N1. The Morgan fingerprint density at radius 2 is 2.00 bits per heavy atom. The van der Waals surface area contributed by atoms with Crippen molar-refractivity contribution in [1.82, 2.24) is 19.3 Å². The predicted molar refractivity (Wildman–Crippen MR) is 95.8 cm³/mol. The fraction of sp³-hybridized carbons (Fsp3) is 0.188. The van der Waals surface area contributed by atoms with Crippen LogP contribution >= 0.6 is 11.6 Å². The maximum Gasteiger partial charge on any atom is 0.420 e. The first-order valence-corrected chi connectivity index (χ1v) is 9.93. The fourth-order valence-corrected chi connectivity index (χ4v) is 4.19. The highest BCUT2D eigenvalue weighted by Gasteiger charge is 2.35.